The van der Waals surface area contributed by atoms with Gasteiger partial charge in [-0.2, -0.15) is 0 Å². The third kappa shape index (κ3) is 3.49. The average molecular weight is 381 g/mol. The summed E-state index contributed by atoms with van der Waals surface area (Å²) in [4.78, 5) is 25.0. The Morgan fingerprint density at radius 1 is 1.37 bits per heavy atom. The van der Waals surface area contributed by atoms with E-state index < -0.39 is 35.6 Å². The molecule has 2 rings (SSSR count). The minimum absolute atomic E-state index is 0.0781. The Labute approximate surface area is 163 Å². The van der Waals surface area contributed by atoms with Crippen LogP contribution in [0.5, 0.6) is 0 Å². The number of hydrogen-bond acceptors (Lipinski definition) is 5. The molecule has 2 aliphatic carbocycles. The molecule has 2 N–H and O–H groups in total. The Kier molecular flexibility index (Phi) is 6.27. The largest absolute Gasteiger partial charge is 0.460 e. The van der Waals surface area contributed by atoms with Crippen LogP contribution in [0.2, 0.25) is 0 Å². The van der Waals surface area contributed by atoms with Crippen LogP contribution < -0.4 is 0 Å². The molecule has 5 nitrogen and oxygen atoms in total. The first kappa shape index (κ1) is 22.1. The number of carbonyl (C=O) groups is 2. The van der Waals surface area contributed by atoms with Crippen molar-refractivity contribution in [2.45, 2.75) is 78.9 Å². The lowest BCUT2D eigenvalue weighted by Gasteiger charge is -2.56. The number of rotatable bonds is 5. The SMILES string of the molecule is C=C[C@]1(C)C[C@@H](OC(=O)CO)C(C)(C)[C@@H]2C(=O)CC[C@@]2(CCC)[C@@H](C)[C@@H]1O. The van der Waals surface area contributed by atoms with Gasteiger partial charge in [0, 0.05) is 23.2 Å². The van der Waals surface area contributed by atoms with E-state index in [4.69, 9.17) is 4.74 Å². The first-order valence-corrected chi connectivity index (χ1v) is 10.1. The molecule has 27 heavy (non-hydrogen) atoms. The predicted molar refractivity (Wildman–Crippen MR) is 104 cm³/mol. The maximum atomic E-state index is 13.1. The van der Waals surface area contributed by atoms with Gasteiger partial charge in [-0.1, -0.05) is 47.1 Å². The normalized spacial score (nSPS) is 41.4. The van der Waals surface area contributed by atoms with Crippen LogP contribution in [0.1, 0.15) is 66.7 Å². The maximum absolute atomic E-state index is 13.1. The maximum Gasteiger partial charge on any atom is 0.332 e. The van der Waals surface area contributed by atoms with E-state index in [1.165, 1.54) is 0 Å². The molecule has 0 bridgehead atoms. The number of hydrogen-bond donors (Lipinski definition) is 2. The second kappa shape index (κ2) is 7.67. The van der Waals surface area contributed by atoms with Crippen molar-refractivity contribution in [3.63, 3.8) is 0 Å². The highest BCUT2D eigenvalue weighted by Crippen LogP contribution is 2.62. The van der Waals surface area contributed by atoms with Gasteiger partial charge in [0.1, 0.15) is 18.5 Å². The van der Waals surface area contributed by atoms with Crippen LogP contribution in [0.25, 0.3) is 0 Å². The van der Waals surface area contributed by atoms with E-state index in [0.29, 0.717) is 12.8 Å². The number of Topliss-reactive ketones (excluding diaryl/α,β-unsaturated/α-hetero) is 1. The van der Waals surface area contributed by atoms with E-state index >= 15 is 0 Å². The fourth-order valence-corrected chi connectivity index (χ4v) is 6.02. The number of aliphatic hydroxyl groups excluding tert-OH is 2. The number of ether oxygens (including phenoxy) is 1. The molecule has 154 valence electrons. The standard InChI is InChI=1S/C22H36O5/c1-7-10-22-11-9-15(24)18(22)20(4,5)16(27-17(25)13-23)12-21(6,8-2)19(26)14(22)3/h8,14,16,18-19,23,26H,2,7,9-13H2,1,3-6H3/t14-,16+,18-,19-,21+,22-/m0/s1. The molecule has 0 heterocycles. The third-order valence-corrected chi connectivity index (χ3v) is 7.57. The summed E-state index contributed by atoms with van der Waals surface area (Å²) in [6.07, 6.45) is 3.85. The highest BCUT2D eigenvalue weighted by molar-refractivity contribution is 5.85. The van der Waals surface area contributed by atoms with Gasteiger partial charge in [-0.15, -0.1) is 6.58 Å². The summed E-state index contributed by atoms with van der Waals surface area (Å²) in [6, 6.07) is 0. The highest BCUT2D eigenvalue weighted by Gasteiger charge is 2.63. The number of fused-ring (bicyclic) bond motifs is 1. The van der Waals surface area contributed by atoms with Crippen molar-refractivity contribution in [2.75, 3.05) is 6.61 Å². The fourth-order valence-electron chi connectivity index (χ4n) is 6.02. The van der Waals surface area contributed by atoms with Crippen molar-refractivity contribution in [1.82, 2.24) is 0 Å². The van der Waals surface area contributed by atoms with Crippen LogP contribution in [0.15, 0.2) is 12.7 Å². The van der Waals surface area contributed by atoms with Crippen LogP contribution >= 0.6 is 0 Å². The Balaban J connectivity index is 2.66. The summed E-state index contributed by atoms with van der Waals surface area (Å²) in [5.41, 5.74) is -1.59. The van der Waals surface area contributed by atoms with Gasteiger partial charge in [-0.25, -0.2) is 4.79 Å². The molecule has 0 amide bonds. The Morgan fingerprint density at radius 3 is 2.52 bits per heavy atom. The molecule has 0 unspecified atom stereocenters. The molecule has 2 aliphatic rings. The molecule has 5 heteroatoms. The third-order valence-electron chi connectivity index (χ3n) is 7.57. The van der Waals surface area contributed by atoms with Crippen molar-refractivity contribution in [3.05, 3.63) is 12.7 Å². The molecule has 2 fully saturated rings. The van der Waals surface area contributed by atoms with E-state index in [9.17, 15) is 19.8 Å². The summed E-state index contributed by atoms with van der Waals surface area (Å²) < 4.78 is 5.65. The number of aliphatic hydroxyl groups is 2. The summed E-state index contributed by atoms with van der Waals surface area (Å²) >= 11 is 0. The summed E-state index contributed by atoms with van der Waals surface area (Å²) in [7, 11) is 0. The van der Waals surface area contributed by atoms with Crippen molar-refractivity contribution >= 4 is 11.8 Å². The molecule has 0 aromatic carbocycles. The van der Waals surface area contributed by atoms with Gasteiger partial charge in [-0.3, -0.25) is 4.79 Å². The van der Waals surface area contributed by atoms with Gasteiger partial charge in [0.15, 0.2) is 0 Å². The summed E-state index contributed by atoms with van der Waals surface area (Å²) in [6.45, 7) is 13.3. The van der Waals surface area contributed by atoms with Crippen LogP contribution in [0.4, 0.5) is 0 Å². The Hall–Kier alpha value is -1.20. The lowest BCUT2D eigenvalue weighted by Crippen LogP contribution is -2.58. The van der Waals surface area contributed by atoms with Crippen LogP contribution in [0, 0.1) is 28.1 Å². The van der Waals surface area contributed by atoms with Crippen molar-refractivity contribution < 1.29 is 24.5 Å². The second-order valence-electron chi connectivity index (χ2n) is 9.49. The molecule has 0 aromatic rings. The number of esters is 1. The lowest BCUT2D eigenvalue weighted by atomic mass is 9.50. The first-order valence-electron chi connectivity index (χ1n) is 10.1. The Bertz CT molecular complexity index is 598. The molecule has 0 aromatic heterocycles. The minimum atomic E-state index is -0.700. The minimum Gasteiger partial charge on any atom is -0.460 e. The summed E-state index contributed by atoms with van der Waals surface area (Å²) in [5, 5.41) is 20.5. The van der Waals surface area contributed by atoms with Gasteiger partial charge >= 0.3 is 5.97 Å². The van der Waals surface area contributed by atoms with Crippen LogP contribution in [0.3, 0.4) is 0 Å². The molecule has 2 saturated carbocycles. The van der Waals surface area contributed by atoms with Gasteiger partial charge in [-0.05, 0) is 30.6 Å². The fraction of sp³-hybridized carbons (Fsp3) is 0.818. The van der Waals surface area contributed by atoms with Crippen molar-refractivity contribution in [1.29, 1.82) is 0 Å². The van der Waals surface area contributed by atoms with E-state index in [1.807, 2.05) is 20.8 Å². The predicted octanol–water partition coefficient (Wildman–Crippen LogP) is 3.28. The van der Waals surface area contributed by atoms with Gasteiger partial charge in [0.25, 0.3) is 0 Å². The second-order valence-corrected chi connectivity index (χ2v) is 9.49. The van der Waals surface area contributed by atoms with E-state index in [-0.39, 0.29) is 23.0 Å². The zero-order valence-electron chi connectivity index (χ0n) is 17.5. The molecule has 0 saturated heterocycles. The monoisotopic (exact) mass is 380 g/mol. The zero-order valence-corrected chi connectivity index (χ0v) is 17.5. The lowest BCUT2D eigenvalue weighted by molar-refractivity contribution is -0.184. The molecular formula is C22H36O5. The van der Waals surface area contributed by atoms with E-state index in [2.05, 4.69) is 20.4 Å². The molecule has 0 aliphatic heterocycles. The molecule has 0 spiro atoms. The van der Waals surface area contributed by atoms with Crippen LogP contribution in [-0.4, -0.2) is 40.8 Å². The molecule has 6 atom stereocenters. The Morgan fingerprint density at radius 2 is 2.00 bits per heavy atom. The van der Waals surface area contributed by atoms with Gasteiger partial charge < -0.3 is 14.9 Å². The highest BCUT2D eigenvalue weighted by atomic mass is 16.6. The van der Waals surface area contributed by atoms with E-state index in [1.54, 1.807) is 6.08 Å². The number of carbonyl (C=O) groups excluding carboxylic acids is 2. The smallest absolute Gasteiger partial charge is 0.332 e. The van der Waals surface area contributed by atoms with Crippen molar-refractivity contribution in [3.8, 4) is 0 Å². The van der Waals surface area contributed by atoms with Gasteiger partial charge in [0.05, 0.1) is 6.10 Å². The summed E-state index contributed by atoms with van der Waals surface area (Å²) in [5.74, 6) is -0.875. The topological polar surface area (TPSA) is 83.8 Å². The first-order chi connectivity index (χ1) is 12.5. The van der Waals surface area contributed by atoms with Gasteiger partial charge in [0.2, 0.25) is 0 Å². The van der Waals surface area contributed by atoms with Crippen LogP contribution in [-0.2, 0) is 14.3 Å². The quantitative estimate of drug-likeness (QED) is 0.565. The molecular weight excluding hydrogens is 344 g/mol. The zero-order chi connectivity index (χ0) is 20.6. The van der Waals surface area contributed by atoms with Crippen molar-refractivity contribution in [2.24, 2.45) is 28.1 Å². The molecule has 0 radical (unpaired) electrons. The number of ketones is 1. The van der Waals surface area contributed by atoms with E-state index in [0.717, 1.165) is 19.3 Å². The average Bonchev–Trinajstić information content (AvgIpc) is 2.97.